The lowest BCUT2D eigenvalue weighted by Crippen LogP contribution is -2.56. The Bertz CT molecular complexity index is 476. The predicted molar refractivity (Wildman–Crippen MR) is 80.8 cm³/mol. The smallest absolute Gasteiger partial charge is 0.234 e. The van der Waals surface area contributed by atoms with Crippen LogP contribution in [-0.2, 0) is 14.3 Å². The largest absolute Gasteiger partial charge is 0.375 e. The highest BCUT2D eigenvalue weighted by molar-refractivity contribution is 6.05. The number of fused-ring (bicyclic) bond motifs is 2. The van der Waals surface area contributed by atoms with Crippen LogP contribution in [0.5, 0.6) is 0 Å². The predicted octanol–water partition coefficient (Wildman–Crippen LogP) is 1.54. The molecule has 0 spiro atoms. The normalized spacial score (nSPS) is 39.0. The van der Waals surface area contributed by atoms with Gasteiger partial charge in [0.1, 0.15) is 0 Å². The number of allylic oxidation sites excluding steroid dienone is 2. The Morgan fingerprint density at radius 2 is 1.73 bits per heavy atom. The molecule has 4 atom stereocenters. The van der Waals surface area contributed by atoms with Crippen LogP contribution in [0.25, 0.3) is 0 Å². The van der Waals surface area contributed by atoms with E-state index in [4.69, 9.17) is 4.74 Å². The van der Waals surface area contributed by atoms with E-state index in [0.717, 1.165) is 32.2 Å². The molecule has 0 aromatic carbocycles. The summed E-state index contributed by atoms with van der Waals surface area (Å²) in [6.07, 6.45) is 10.5. The van der Waals surface area contributed by atoms with E-state index in [-0.39, 0.29) is 23.7 Å². The summed E-state index contributed by atoms with van der Waals surface area (Å²) in [5, 5.41) is 0. The Morgan fingerprint density at radius 3 is 2.45 bits per heavy atom. The Morgan fingerprint density at radius 1 is 1.05 bits per heavy atom. The number of morpholine rings is 1. The van der Waals surface area contributed by atoms with Crippen LogP contribution in [0.3, 0.4) is 0 Å². The zero-order valence-corrected chi connectivity index (χ0v) is 12.9. The van der Waals surface area contributed by atoms with E-state index in [2.05, 4.69) is 4.90 Å². The van der Waals surface area contributed by atoms with Crippen LogP contribution in [0.2, 0.25) is 0 Å². The summed E-state index contributed by atoms with van der Waals surface area (Å²) < 4.78 is 5.88. The number of rotatable bonds is 2. The summed E-state index contributed by atoms with van der Waals surface area (Å²) in [6.45, 7) is 2.01. The van der Waals surface area contributed by atoms with Crippen molar-refractivity contribution in [3.05, 3.63) is 12.2 Å². The molecule has 1 saturated carbocycles. The van der Waals surface area contributed by atoms with Crippen molar-refractivity contribution in [3.8, 4) is 0 Å². The third-order valence-electron chi connectivity index (χ3n) is 5.77. The van der Waals surface area contributed by atoms with E-state index < -0.39 is 0 Å². The molecular weight excluding hydrogens is 280 g/mol. The number of carbonyl (C=O) groups is 2. The van der Waals surface area contributed by atoms with Crippen molar-refractivity contribution in [2.24, 2.45) is 11.8 Å². The van der Waals surface area contributed by atoms with Crippen molar-refractivity contribution in [1.82, 2.24) is 9.80 Å². The first-order valence-corrected chi connectivity index (χ1v) is 8.61. The molecule has 2 aliphatic carbocycles. The molecule has 2 aliphatic heterocycles. The van der Waals surface area contributed by atoms with Crippen molar-refractivity contribution in [2.75, 3.05) is 19.8 Å². The van der Waals surface area contributed by atoms with E-state index in [1.54, 1.807) is 0 Å². The van der Waals surface area contributed by atoms with Gasteiger partial charge >= 0.3 is 0 Å². The van der Waals surface area contributed by atoms with Crippen LogP contribution >= 0.6 is 0 Å². The van der Waals surface area contributed by atoms with Gasteiger partial charge in [-0.2, -0.15) is 0 Å². The fourth-order valence-electron chi connectivity index (χ4n) is 4.54. The summed E-state index contributed by atoms with van der Waals surface area (Å²) in [7, 11) is 0. The second-order valence-corrected chi connectivity index (χ2v) is 6.98. The molecule has 2 saturated heterocycles. The molecule has 5 nitrogen and oxygen atoms in total. The van der Waals surface area contributed by atoms with Gasteiger partial charge in [0.05, 0.1) is 31.2 Å². The molecule has 120 valence electrons. The van der Waals surface area contributed by atoms with Gasteiger partial charge in [-0.1, -0.05) is 25.0 Å². The van der Waals surface area contributed by atoms with Gasteiger partial charge in [0.2, 0.25) is 11.8 Å². The van der Waals surface area contributed by atoms with Crippen LogP contribution < -0.4 is 0 Å². The first kappa shape index (κ1) is 14.4. The number of amides is 2. The second-order valence-electron chi connectivity index (χ2n) is 6.98. The lowest BCUT2D eigenvalue weighted by atomic mass is 9.85. The average molecular weight is 304 g/mol. The zero-order chi connectivity index (χ0) is 15.1. The molecule has 0 aromatic rings. The monoisotopic (exact) mass is 304 g/mol. The highest BCUT2D eigenvalue weighted by Crippen LogP contribution is 2.36. The van der Waals surface area contributed by atoms with E-state index in [1.807, 2.05) is 12.2 Å². The number of hydrogen-bond donors (Lipinski definition) is 0. The van der Waals surface area contributed by atoms with Gasteiger partial charge in [0, 0.05) is 12.6 Å². The van der Waals surface area contributed by atoms with Crippen LogP contribution in [-0.4, -0.2) is 53.6 Å². The summed E-state index contributed by atoms with van der Waals surface area (Å²) >= 11 is 0. The molecule has 22 heavy (non-hydrogen) atoms. The van der Waals surface area contributed by atoms with Gasteiger partial charge < -0.3 is 4.74 Å². The van der Waals surface area contributed by atoms with Crippen molar-refractivity contribution < 1.29 is 14.3 Å². The average Bonchev–Trinajstić information content (AvgIpc) is 2.81. The van der Waals surface area contributed by atoms with Gasteiger partial charge in [-0.25, -0.2) is 0 Å². The third kappa shape index (κ3) is 2.31. The number of likely N-dealkylation sites (tertiary alicyclic amines) is 1. The fraction of sp³-hybridized carbons (Fsp3) is 0.765. The molecule has 0 bridgehead atoms. The SMILES string of the molecule is O=C1[C@H]2CC=CC[C@H]2C(=O)N1CN1CCO[C@H]2CCCC[C@H]21. The summed E-state index contributed by atoms with van der Waals surface area (Å²) in [4.78, 5) is 29.0. The van der Waals surface area contributed by atoms with Gasteiger partial charge in [-0.15, -0.1) is 0 Å². The fourth-order valence-corrected chi connectivity index (χ4v) is 4.54. The minimum atomic E-state index is -0.110. The lowest BCUT2D eigenvalue weighted by molar-refractivity contribution is -0.148. The van der Waals surface area contributed by atoms with Gasteiger partial charge in [0.25, 0.3) is 0 Å². The Hall–Kier alpha value is -1.20. The highest BCUT2D eigenvalue weighted by Gasteiger charge is 2.48. The van der Waals surface area contributed by atoms with E-state index >= 15 is 0 Å². The van der Waals surface area contributed by atoms with E-state index in [9.17, 15) is 9.59 Å². The molecule has 4 aliphatic rings. The molecular formula is C17H24N2O3. The zero-order valence-electron chi connectivity index (χ0n) is 12.9. The number of imide groups is 1. The third-order valence-corrected chi connectivity index (χ3v) is 5.77. The highest BCUT2D eigenvalue weighted by atomic mass is 16.5. The molecule has 0 radical (unpaired) electrons. The second kappa shape index (κ2) is 5.78. The molecule has 4 rings (SSSR count). The van der Waals surface area contributed by atoms with Crippen LogP contribution in [0.15, 0.2) is 12.2 Å². The van der Waals surface area contributed by atoms with Gasteiger partial charge in [-0.3, -0.25) is 19.4 Å². The van der Waals surface area contributed by atoms with Crippen LogP contribution in [0.1, 0.15) is 38.5 Å². The summed E-state index contributed by atoms with van der Waals surface area (Å²) in [5.74, 6) is -0.141. The number of ether oxygens (including phenoxy) is 1. The number of nitrogens with zero attached hydrogens (tertiary/aromatic N) is 2. The maximum absolute atomic E-state index is 12.6. The first-order chi connectivity index (χ1) is 10.8. The van der Waals surface area contributed by atoms with Gasteiger partial charge in [0.15, 0.2) is 0 Å². The van der Waals surface area contributed by atoms with Crippen molar-refractivity contribution in [2.45, 2.75) is 50.7 Å². The van der Waals surface area contributed by atoms with Crippen molar-refractivity contribution in [1.29, 1.82) is 0 Å². The molecule has 0 N–H and O–H groups in total. The molecule has 3 fully saturated rings. The topological polar surface area (TPSA) is 49.9 Å². The molecule has 0 unspecified atom stereocenters. The Balaban J connectivity index is 1.48. The summed E-state index contributed by atoms with van der Waals surface area (Å²) in [5.41, 5.74) is 0. The van der Waals surface area contributed by atoms with Gasteiger partial charge in [-0.05, 0) is 25.7 Å². The molecule has 2 heterocycles. The van der Waals surface area contributed by atoms with Crippen molar-refractivity contribution in [3.63, 3.8) is 0 Å². The van der Waals surface area contributed by atoms with Crippen LogP contribution in [0, 0.1) is 11.8 Å². The standard InChI is InChI=1S/C17H24N2O3/c20-16-12-5-1-2-6-13(12)17(21)19(16)11-18-9-10-22-15-8-4-3-7-14(15)18/h1-2,12-15H,3-11H2/t12-,13+,14-,15+/m1/s1. The summed E-state index contributed by atoms with van der Waals surface area (Å²) in [6, 6.07) is 0.379. The molecule has 5 heteroatoms. The minimum absolute atomic E-state index is 0.0400. The lowest BCUT2D eigenvalue weighted by Gasteiger charge is -2.44. The number of carbonyl (C=O) groups excluding carboxylic acids is 2. The van der Waals surface area contributed by atoms with E-state index in [0.29, 0.717) is 25.4 Å². The Kier molecular flexibility index (Phi) is 3.78. The minimum Gasteiger partial charge on any atom is -0.375 e. The van der Waals surface area contributed by atoms with Crippen molar-refractivity contribution >= 4 is 11.8 Å². The molecule has 2 amide bonds. The van der Waals surface area contributed by atoms with E-state index in [1.165, 1.54) is 17.7 Å². The number of hydrogen-bond acceptors (Lipinski definition) is 4. The maximum Gasteiger partial charge on any atom is 0.234 e. The Labute approximate surface area is 131 Å². The quantitative estimate of drug-likeness (QED) is 0.573. The maximum atomic E-state index is 12.6. The van der Waals surface area contributed by atoms with Crippen LogP contribution in [0.4, 0.5) is 0 Å². The first-order valence-electron chi connectivity index (χ1n) is 8.61. The molecule has 0 aromatic heterocycles.